The minimum Gasteiger partial charge on any atom is -0.378 e. The minimum atomic E-state index is -0.195. The molecule has 1 aromatic carbocycles. The highest BCUT2D eigenvalue weighted by molar-refractivity contribution is 5.94. The molecule has 2 fully saturated rings. The summed E-state index contributed by atoms with van der Waals surface area (Å²) >= 11 is 0. The second kappa shape index (κ2) is 9.08. The Kier molecular flexibility index (Phi) is 6.08. The fraction of sp³-hybridized carbons (Fsp3) is 0.429. The standard InChI is InChI=1S/C21H26N6O3/c1-14-12-18(27-8-10-30-11-9-27)26-21(23-14)25-17-5-3-16(4-6-17)24-20(29)15-2-7-19(28)22-13-15/h3-6,12,15H,2,7-11,13H2,1H3,(H,22,28)(H,24,29)(H,23,25,26)/t15-/m0/s1. The van der Waals surface area contributed by atoms with Crippen LogP contribution in [0.25, 0.3) is 0 Å². The van der Waals surface area contributed by atoms with E-state index in [2.05, 4.69) is 30.8 Å². The van der Waals surface area contributed by atoms with Crippen molar-refractivity contribution < 1.29 is 14.3 Å². The van der Waals surface area contributed by atoms with Gasteiger partial charge in [-0.15, -0.1) is 0 Å². The molecule has 30 heavy (non-hydrogen) atoms. The Balaban J connectivity index is 1.38. The number of amides is 2. The predicted molar refractivity (Wildman–Crippen MR) is 114 cm³/mol. The second-order valence-corrected chi connectivity index (χ2v) is 7.52. The van der Waals surface area contributed by atoms with Crippen LogP contribution in [0, 0.1) is 12.8 Å². The summed E-state index contributed by atoms with van der Waals surface area (Å²) in [6.07, 6.45) is 0.970. The number of benzene rings is 1. The maximum atomic E-state index is 12.4. The van der Waals surface area contributed by atoms with E-state index in [1.807, 2.05) is 37.3 Å². The lowest BCUT2D eigenvalue weighted by molar-refractivity contribution is -0.126. The van der Waals surface area contributed by atoms with Gasteiger partial charge in [0, 0.05) is 49.2 Å². The highest BCUT2D eigenvalue weighted by atomic mass is 16.5. The number of anilines is 4. The van der Waals surface area contributed by atoms with E-state index < -0.39 is 0 Å². The molecule has 9 heteroatoms. The molecule has 0 aliphatic carbocycles. The van der Waals surface area contributed by atoms with Crippen molar-refractivity contribution in [3.8, 4) is 0 Å². The number of piperidine rings is 1. The fourth-order valence-corrected chi connectivity index (χ4v) is 3.53. The van der Waals surface area contributed by atoms with Crippen LogP contribution in [-0.4, -0.2) is 54.6 Å². The monoisotopic (exact) mass is 410 g/mol. The Morgan fingerprint density at radius 1 is 1.17 bits per heavy atom. The average Bonchev–Trinajstić information content (AvgIpc) is 2.76. The molecule has 1 atom stereocenters. The molecule has 158 valence electrons. The van der Waals surface area contributed by atoms with Crippen molar-refractivity contribution in [1.82, 2.24) is 15.3 Å². The summed E-state index contributed by atoms with van der Waals surface area (Å²) in [5.74, 6) is 1.15. The van der Waals surface area contributed by atoms with Crippen molar-refractivity contribution >= 4 is 35.0 Å². The number of nitrogens with one attached hydrogen (secondary N) is 3. The molecule has 3 N–H and O–H groups in total. The van der Waals surface area contributed by atoms with Crippen LogP contribution in [0.2, 0.25) is 0 Å². The van der Waals surface area contributed by atoms with Crippen molar-refractivity contribution in [1.29, 1.82) is 0 Å². The first-order valence-electron chi connectivity index (χ1n) is 10.2. The van der Waals surface area contributed by atoms with Gasteiger partial charge in [0.15, 0.2) is 0 Å². The molecular formula is C21H26N6O3. The van der Waals surface area contributed by atoms with E-state index in [1.54, 1.807) is 0 Å². The SMILES string of the molecule is Cc1cc(N2CCOCC2)nc(Nc2ccc(NC(=O)[C@H]3CCC(=O)NC3)cc2)n1. The lowest BCUT2D eigenvalue weighted by Crippen LogP contribution is -2.40. The van der Waals surface area contributed by atoms with Gasteiger partial charge >= 0.3 is 0 Å². The summed E-state index contributed by atoms with van der Waals surface area (Å²) in [5.41, 5.74) is 2.43. The van der Waals surface area contributed by atoms with E-state index in [-0.39, 0.29) is 17.7 Å². The third-order valence-corrected chi connectivity index (χ3v) is 5.22. The maximum Gasteiger partial charge on any atom is 0.229 e. The second-order valence-electron chi connectivity index (χ2n) is 7.52. The van der Waals surface area contributed by atoms with E-state index in [9.17, 15) is 9.59 Å². The number of hydrogen-bond donors (Lipinski definition) is 3. The summed E-state index contributed by atoms with van der Waals surface area (Å²) in [4.78, 5) is 34.9. The number of aromatic nitrogens is 2. The number of carbonyl (C=O) groups is 2. The lowest BCUT2D eigenvalue weighted by atomic mass is 9.98. The molecule has 1 aromatic heterocycles. The molecule has 2 amide bonds. The summed E-state index contributed by atoms with van der Waals surface area (Å²) in [7, 11) is 0. The highest BCUT2D eigenvalue weighted by Crippen LogP contribution is 2.21. The van der Waals surface area contributed by atoms with E-state index in [0.29, 0.717) is 44.2 Å². The average molecular weight is 410 g/mol. The van der Waals surface area contributed by atoms with Crippen molar-refractivity contribution in [2.75, 3.05) is 48.4 Å². The van der Waals surface area contributed by atoms with Crippen LogP contribution in [0.3, 0.4) is 0 Å². The number of aryl methyl sites for hydroxylation is 1. The molecule has 0 bridgehead atoms. The molecule has 2 aliphatic heterocycles. The normalized spacial score (nSPS) is 19.2. The van der Waals surface area contributed by atoms with Gasteiger partial charge in [0.2, 0.25) is 17.8 Å². The van der Waals surface area contributed by atoms with Crippen molar-refractivity contribution in [2.45, 2.75) is 19.8 Å². The van der Waals surface area contributed by atoms with Gasteiger partial charge in [0.25, 0.3) is 0 Å². The third kappa shape index (κ3) is 5.04. The van der Waals surface area contributed by atoms with E-state index >= 15 is 0 Å². The zero-order valence-corrected chi connectivity index (χ0v) is 17.0. The van der Waals surface area contributed by atoms with Crippen LogP contribution in [0.5, 0.6) is 0 Å². The van der Waals surface area contributed by atoms with Crippen molar-refractivity contribution in [2.24, 2.45) is 5.92 Å². The Hall–Kier alpha value is -3.20. The van der Waals surface area contributed by atoms with Gasteiger partial charge < -0.3 is 25.6 Å². The molecular weight excluding hydrogens is 384 g/mol. The molecule has 0 unspecified atom stereocenters. The Morgan fingerprint density at radius 3 is 2.60 bits per heavy atom. The van der Waals surface area contributed by atoms with E-state index in [0.717, 1.165) is 30.3 Å². The van der Waals surface area contributed by atoms with Crippen LogP contribution in [0.1, 0.15) is 18.5 Å². The highest BCUT2D eigenvalue weighted by Gasteiger charge is 2.24. The number of morpholine rings is 1. The van der Waals surface area contributed by atoms with Crippen LogP contribution >= 0.6 is 0 Å². The summed E-state index contributed by atoms with van der Waals surface area (Å²) in [5, 5.41) is 8.88. The van der Waals surface area contributed by atoms with Crippen LogP contribution < -0.4 is 20.9 Å². The number of rotatable bonds is 5. The first-order valence-corrected chi connectivity index (χ1v) is 10.2. The number of hydrogen-bond acceptors (Lipinski definition) is 7. The summed E-state index contributed by atoms with van der Waals surface area (Å²) in [6.45, 7) is 5.37. The molecule has 2 saturated heterocycles. The van der Waals surface area contributed by atoms with Crippen molar-refractivity contribution in [3.05, 3.63) is 36.0 Å². The van der Waals surface area contributed by atoms with Gasteiger partial charge in [-0.2, -0.15) is 4.98 Å². The van der Waals surface area contributed by atoms with E-state index in [4.69, 9.17) is 4.74 Å². The van der Waals surface area contributed by atoms with Gasteiger partial charge in [-0.1, -0.05) is 0 Å². The molecule has 0 radical (unpaired) electrons. The number of nitrogens with zero attached hydrogens (tertiary/aromatic N) is 3. The molecule has 3 heterocycles. The maximum absolute atomic E-state index is 12.4. The zero-order valence-electron chi connectivity index (χ0n) is 17.0. The molecule has 0 spiro atoms. The predicted octanol–water partition coefficient (Wildman–Crippen LogP) is 1.83. The molecule has 4 rings (SSSR count). The largest absolute Gasteiger partial charge is 0.378 e. The topological polar surface area (TPSA) is 108 Å². The van der Waals surface area contributed by atoms with E-state index in [1.165, 1.54) is 0 Å². The summed E-state index contributed by atoms with van der Waals surface area (Å²) in [6, 6.07) is 9.39. The zero-order chi connectivity index (χ0) is 20.9. The van der Waals surface area contributed by atoms with Crippen LogP contribution in [0.15, 0.2) is 30.3 Å². The summed E-state index contributed by atoms with van der Waals surface area (Å²) < 4.78 is 5.41. The molecule has 2 aromatic rings. The van der Waals surface area contributed by atoms with Gasteiger partial charge in [0.05, 0.1) is 19.1 Å². The number of ether oxygens (including phenoxy) is 1. The Labute approximate surface area is 175 Å². The van der Waals surface area contributed by atoms with Crippen LogP contribution in [0.4, 0.5) is 23.1 Å². The first kappa shape index (κ1) is 20.1. The third-order valence-electron chi connectivity index (χ3n) is 5.22. The molecule has 0 saturated carbocycles. The lowest BCUT2D eigenvalue weighted by Gasteiger charge is -2.28. The van der Waals surface area contributed by atoms with Gasteiger partial charge in [0.1, 0.15) is 5.82 Å². The van der Waals surface area contributed by atoms with Crippen molar-refractivity contribution in [3.63, 3.8) is 0 Å². The van der Waals surface area contributed by atoms with Gasteiger partial charge in [-0.25, -0.2) is 4.98 Å². The molecule has 2 aliphatic rings. The smallest absolute Gasteiger partial charge is 0.229 e. The number of carbonyl (C=O) groups excluding carboxylic acids is 2. The van der Waals surface area contributed by atoms with Crippen LogP contribution in [-0.2, 0) is 14.3 Å². The molecule has 9 nitrogen and oxygen atoms in total. The fourth-order valence-electron chi connectivity index (χ4n) is 3.53. The van der Waals surface area contributed by atoms with Gasteiger partial charge in [-0.3, -0.25) is 9.59 Å². The first-order chi connectivity index (χ1) is 14.6. The van der Waals surface area contributed by atoms with Gasteiger partial charge in [-0.05, 0) is 37.6 Å². The quantitative estimate of drug-likeness (QED) is 0.690. The minimum absolute atomic E-state index is 0.00428. The Bertz CT molecular complexity index is 901. The Morgan fingerprint density at radius 2 is 1.90 bits per heavy atom.